The van der Waals surface area contributed by atoms with Crippen LogP contribution in [0.1, 0.15) is 12.8 Å². The zero-order valence-corrected chi connectivity index (χ0v) is 8.72. The number of halogens is 3. The summed E-state index contributed by atoms with van der Waals surface area (Å²) < 4.78 is 39.2. The predicted octanol–water partition coefficient (Wildman–Crippen LogP) is 0.419. The Morgan fingerprint density at radius 3 is 2.62 bits per heavy atom. The second-order valence-corrected chi connectivity index (χ2v) is 3.91. The van der Waals surface area contributed by atoms with Gasteiger partial charge in [-0.3, -0.25) is 4.79 Å². The number of amides is 1. The summed E-state index contributed by atoms with van der Waals surface area (Å²) in [5.41, 5.74) is 5.69. The summed E-state index contributed by atoms with van der Waals surface area (Å²) in [6.45, 7) is -1.70. The lowest BCUT2D eigenvalue weighted by molar-refractivity contribution is -0.175. The van der Waals surface area contributed by atoms with Gasteiger partial charge in [-0.15, -0.1) is 0 Å². The average Bonchev–Trinajstić information content (AvgIpc) is 2.95. The zero-order valence-electron chi connectivity index (χ0n) is 8.72. The van der Waals surface area contributed by atoms with Gasteiger partial charge < -0.3 is 15.8 Å². The molecule has 0 saturated heterocycles. The smallest absolute Gasteiger partial charge is 0.362 e. The van der Waals surface area contributed by atoms with E-state index in [1.54, 1.807) is 0 Å². The van der Waals surface area contributed by atoms with Crippen LogP contribution in [0.25, 0.3) is 0 Å². The third kappa shape index (κ3) is 5.92. The fourth-order valence-corrected chi connectivity index (χ4v) is 1.23. The van der Waals surface area contributed by atoms with Crippen LogP contribution >= 0.6 is 0 Å². The van der Waals surface area contributed by atoms with Crippen molar-refractivity contribution >= 4 is 5.91 Å². The fourth-order valence-electron chi connectivity index (χ4n) is 1.23. The van der Waals surface area contributed by atoms with E-state index in [1.807, 2.05) is 0 Å². The third-order valence-corrected chi connectivity index (χ3v) is 2.26. The predicted molar refractivity (Wildman–Crippen MR) is 50.6 cm³/mol. The summed E-state index contributed by atoms with van der Waals surface area (Å²) in [5, 5.41) is 2.43. The highest BCUT2D eigenvalue weighted by Crippen LogP contribution is 2.31. The summed E-state index contributed by atoms with van der Waals surface area (Å²) in [7, 11) is 0. The molecule has 0 bridgehead atoms. The van der Waals surface area contributed by atoms with Crippen LogP contribution in [-0.2, 0) is 9.53 Å². The molecule has 0 radical (unpaired) electrons. The Hall–Kier alpha value is -0.820. The van der Waals surface area contributed by atoms with Crippen molar-refractivity contribution in [1.29, 1.82) is 0 Å². The molecular weight excluding hydrogens is 225 g/mol. The van der Waals surface area contributed by atoms with Gasteiger partial charge in [-0.25, -0.2) is 0 Å². The first kappa shape index (κ1) is 13.2. The molecule has 94 valence electrons. The lowest BCUT2D eigenvalue weighted by Crippen LogP contribution is -2.40. The minimum Gasteiger partial charge on any atom is -0.362 e. The van der Waals surface area contributed by atoms with E-state index >= 15 is 0 Å². The molecule has 1 aliphatic rings. The van der Waals surface area contributed by atoms with Crippen LogP contribution in [0.2, 0.25) is 0 Å². The molecule has 4 nitrogen and oxygen atoms in total. The van der Waals surface area contributed by atoms with Gasteiger partial charge in [0.2, 0.25) is 5.91 Å². The second kappa shape index (κ2) is 5.49. The standard InChI is InChI=1S/C9H15F3N2O2/c10-9(11,12)5-16-4-8(15)14-3-7(13)6-1-2-6/h6-7H,1-5,13H2,(H,14,15). The monoisotopic (exact) mass is 240 g/mol. The van der Waals surface area contributed by atoms with Crippen LogP contribution in [0.4, 0.5) is 13.2 Å². The van der Waals surface area contributed by atoms with Crippen LogP contribution in [-0.4, -0.2) is 37.9 Å². The van der Waals surface area contributed by atoms with Crippen molar-refractivity contribution < 1.29 is 22.7 Å². The van der Waals surface area contributed by atoms with Gasteiger partial charge in [0.05, 0.1) is 0 Å². The maximum atomic E-state index is 11.7. The molecule has 16 heavy (non-hydrogen) atoms. The highest BCUT2D eigenvalue weighted by molar-refractivity contribution is 5.77. The summed E-state index contributed by atoms with van der Waals surface area (Å²) in [6.07, 6.45) is -2.28. The molecule has 1 unspecified atom stereocenters. The van der Waals surface area contributed by atoms with Gasteiger partial charge in [-0.2, -0.15) is 13.2 Å². The maximum Gasteiger partial charge on any atom is 0.411 e. The van der Waals surface area contributed by atoms with Gasteiger partial charge in [0.25, 0.3) is 0 Å². The van der Waals surface area contributed by atoms with E-state index in [1.165, 1.54) is 0 Å². The van der Waals surface area contributed by atoms with Crippen LogP contribution in [0, 0.1) is 5.92 Å². The lowest BCUT2D eigenvalue weighted by atomic mass is 10.2. The molecule has 1 aliphatic carbocycles. The molecule has 3 N–H and O–H groups in total. The third-order valence-electron chi connectivity index (χ3n) is 2.26. The number of carbonyl (C=O) groups is 1. The average molecular weight is 240 g/mol. The normalized spacial score (nSPS) is 18.2. The van der Waals surface area contributed by atoms with Gasteiger partial charge in [-0.05, 0) is 18.8 Å². The molecule has 1 atom stereocenters. The number of alkyl halides is 3. The van der Waals surface area contributed by atoms with Crippen molar-refractivity contribution in [3.63, 3.8) is 0 Å². The molecule has 0 aromatic carbocycles. The molecule has 0 spiro atoms. The summed E-state index contributed by atoms with van der Waals surface area (Å²) in [6, 6.07) is -0.105. The van der Waals surface area contributed by atoms with Gasteiger partial charge >= 0.3 is 6.18 Å². The molecule has 1 amide bonds. The van der Waals surface area contributed by atoms with Crippen LogP contribution in [0.3, 0.4) is 0 Å². The molecule has 0 heterocycles. The Morgan fingerprint density at radius 2 is 2.12 bits per heavy atom. The van der Waals surface area contributed by atoms with E-state index in [4.69, 9.17) is 5.73 Å². The van der Waals surface area contributed by atoms with Crippen LogP contribution in [0.15, 0.2) is 0 Å². The van der Waals surface area contributed by atoms with Crippen molar-refractivity contribution in [1.82, 2.24) is 5.32 Å². The first-order chi connectivity index (χ1) is 7.38. The number of nitrogens with two attached hydrogens (primary N) is 1. The Kier molecular flexibility index (Phi) is 4.55. The Bertz CT molecular complexity index is 241. The quantitative estimate of drug-likeness (QED) is 0.707. The van der Waals surface area contributed by atoms with E-state index in [-0.39, 0.29) is 6.04 Å². The Labute approximate surface area is 91.3 Å². The van der Waals surface area contributed by atoms with E-state index in [9.17, 15) is 18.0 Å². The number of nitrogens with one attached hydrogen (secondary N) is 1. The van der Waals surface area contributed by atoms with E-state index < -0.39 is 25.3 Å². The molecule has 0 aromatic heterocycles. The zero-order chi connectivity index (χ0) is 12.2. The van der Waals surface area contributed by atoms with Crippen molar-refractivity contribution in [3.8, 4) is 0 Å². The number of rotatable bonds is 6. The molecule has 1 fully saturated rings. The summed E-state index contributed by atoms with van der Waals surface area (Å²) >= 11 is 0. The Balaban J connectivity index is 2.02. The second-order valence-electron chi connectivity index (χ2n) is 3.91. The topological polar surface area (TPSA) is 64.3 Å². The van der Waals surface area contributed by atoms with Crippen molar-refractivity contribution in [2.75, 3.05) is 19.8 Å². The SMILES string of the molecule is NC(CNC(=O)COCC(F)(F)F)C1CC1. The van der Waals surface area contributed by atoms with Crippen LogP contribution < -0.4 is 11.1 Å². The van der Waals surface area contributed by atoms with Crippen LogP contribution in [0.5, 0.6) is 0 Å². The van der Waals surface area contributed by atoms with Crippen molar-refractivity contribution in [3.05, 3.63) is 0 Å². The molecular formula is C9H15F3N2O2. The largest absolute Gasteiger partial charge is 0.411 e. The minimum atomic E-state index is -4.40. The fraction of sp³-hybridized carbons (Fsp3) is 0.889. The van der Waals surface area contributed by atoms with E-state index in [2.05, 4.69) is 10.1 Å². The molecule has 0 aliphatic heterocycles. The van der Waals surface area contributed by atoms with E-state index in [0.29, 0.717) is 12.5 Å². The highest BCUT2D eigenvalue weighted by atomic mass is 19.4. The number of ether oxygens (including phenoxy) is 1. The summed E-state index contributed by atoms with van der Waals surface area (Å²) in [5.74, 6) is -0.128. The number of carbonyl (C=O) groups excluding carboxylic acids is 1. The van der Waals surface area contributed by atoms with Crippen molar-refractivity contribution in [2.24, 2.45) is 11.7 Å². The maximum absolute atomic E-state index is 11.7. The lowest BCUT2D eigenvalue weighted by Gasteiger charge is -2.12. The molecule has 1 saturated carbocycles. The minimum absolute atomic E-state index is 0.105. The number of hydrogen-bond donors (Lipinski definition) is 2. The summed E-state index contributed by atoms with van der Waals surface area (Å²) in [4.78, 5) is 11.0. The first-order valence-corrected chi connectivity index (χ1v) is 5.05. The number of hydrogen-bond acceptors (Lipinski definition) is 3. The molecule has 0 aromatic rings. The molecule has 7 heteroatoms. The van der Waals surface area contributed by atoms with Gasteiger partial charge in [0.1, 0.15) is 13.2 Å². The Morgan fingerprint density at radius 1 is 1.50 bits per heavy atom. The highest BCUT2D eigenvalue weighted by Gasteiger charge is 2.29. The first-order valence-electron chi connectivity index (χ1n) is 5.05. The van der Waals surface area contributed by atoms with Crippen molar-refractivity contribution in [2.45, 2.75) is 25.1 Å². The molecule has 1 rings (SSSR count). The van der Waals surface area contributed by atoms with Gasteiger partial charge in [-0.1, -0.05) is 0 Å². The van der Waals surface area contributed by atoms with E-state index in [0.717, 1.165) is 12.8 Å². The van der Waals surface area contributed by atoms with Gasteiger partial charge in [0.15, 0.2) is 0 Å². The van der Waals surface area contributed by atoms with Gasteiger partial charge in [0, 0.05) is 12.6 Å².